The van der Waals surface area contributed by atoms with E-state index in [1.54, 1.807) is 19.1 Å². The summed E-state index contributed by atoms with van der Waals surface area (Å²) in [7, 11) is 3.13. The number of methoxy groups -OCH3 is 2. The molecule has 0 unspecified atom stereocenters. The monoisotopic (exact) mass is 473 g/mol. The summed E-state index contributed by atoms with van der Waals surface area (Å²) >= 11 is 0. The SMILES string of the molecule is COc1cc2c(cc1OC)CN(C(=O)COC(=O)CN1C(=O)N[C@]3(CCCC[C@H]3C)C1=O)CC2. The predicted octanol–water partition coefficient (Wildman–Crippen LogP) is 1.63. The molecule has 3 aliphatic rings. The molecule has 0 bridgehead atoms. The van der Waals surface area contributed by atoms with Gasteiger partial charge in [0.15, 0.2) is 18.1 Å². The molecule has 1 aromatic rings. The summed E-state index contributed by atoms with van der Waals surface area (Å²) in [6.07, 6.45) is 3.91. The number of hydrogen-bond donors (Lipinski definition) is 1. The van der Waals surface area contributed by atoms with Gasteiger partial charge in [0.1, 0.15) is 12.1 Å². The van der Waals surface area contributed by atoms with Crippen LogP contribution in [0.25, 0.3) is 0 Å². The van der Waals surface area contributed by atoms with E-state index in [1.807, 2.05) is 19.1 Å². The third-order valence-corrected chi connectivity index (χ3v) is 7.22. The third kappa shape index (κ3) is 4.28. The van der Waals surface area contributed by atoms with Crippen molar-refractivity contribution in [2.24, 2.45) is 5.92 Å². The van der Waals surface area contributed by atoms with Gasteiger partial charge in [-0.15, -0.1) is 0 Å². The number of fused-ring (bicyclic) bond motifs is 1. The van der Waals surface area contributed by atoms with E-state index in [2.05, 4.69) is 5.32 Å². The fraction of sp³-hybridized carbons (Fsp3) is 0.583. The molecule has 1 saturated heterocycles. The Balaban J connectivity index is 1.32. The summed E-state index contributed by atoms with van der Waals surface area (Å²) in [5, 5.41) is 2.80. The highest BCUT2D eigenvalue weighted by Gasteiger charge is 2.55. The smallest absolute Gasteiger partial charge is 0.326 e. The van der Waals surface area contributed by atoms with Gasteiger partial charge in [0.05, 0.1) is 14.2 Å². The fourth-order valence-electron chi connectivity index (χ4n) is 5.14. The van der Waals surface area contributed by atoms with Crippen LogP contribution in [0, 0.1) is 5.92 Å². The van der Waals surface area contributed by atoms with Crippen molar-refractivity contribution in [3.63, 3.8) is 0 Å². The normalized spacial score (nSPS) is 24.0. The largest absolute Gasteiger partial charge is 0.493 e. The molecule has 2 heterocycles. The van der Waals surface area contributed by atoms with Crippen LogP contribution in [0.15, 0.2) is 12.1 Å². The molecule has 2 atom stereocenters. The van der Waals surface area contributed by atoms with Crippen molar-refractivity contribution >= 4 is 23.8 Å². The highest BCUT2D eigenvalue weighted by molar-refractivity contribution is 6.09. The lowest BCUT2D eigenvalue weighted by molar-refractivity contribution is -0.154. The van der Waals surface area contributed by atoms with E-state index >= 15 is 0 Å². The Hall–Kier alpha value is -3.30. The number of carbonyl (C=O) groups is 4. The number of nitrogens with one attached hydrogen (secondary N) is 1. The van der Waals surface area contributed by atoms with E-state index in [9.17, 15) is 19.2 Å². The zero-order valence-electron chi connectivity index (χ0n) is 19.8. The first kappa shape index (κ1) is 23.8. The highest BCUT2D eigenvalue weighted by Crippen LogP contribution is 2.38. The minimum absolute atomic E-state index is 0.000805. The molecular formula is C24H31N3O7. The molecule has 4 amide bonds. The molecule has 2 fully saturated rings. The fourth-order valence-corrected chi connectivity index (χ4v) is 5.14. The summed E-state index contributed by atoms with van der Waals surface area (Å²) in [6.45, 7) is 1.82. The van der Waals surface area contributed by atoms with Crippen LogP contribution in [0.3, 0.4) is 0 Å². The number of carbonyl (C=O) groups excluding carboxylic acids is 4. The van der Waals surface area contributed by atoms with Gasteiger partial charge in [-0.2, -0.15) is 0 Å². The van der Waals surface area contributed by atoms with Crippen molar-refractivity contribution in [2.75, 3.05) is 33.9 Å². The Morgan fingerprint density at radius 3 is 2.50 bits per heavy atom. The molecule has 184 valence electrons. The zero-order chi connectivity index (χ0) is 24.5. The molecule has 1 spiro atoms. The van der Waals surface area contributed by atoms with Gasteiger partial charge in [0, 0.05) is 13.1 Å². The van der Waals surface area contributed by atoms with Crippen LogP contribution in [0.5, 0.6) is 11.5 Å². The van der Waals surface area contributed by atoms with Crippen molar-refractivity contribution in [1.29, 1.82) is 0 Å². The first-order valence-electron chi connectivity index (χ1n) is 11.6. The van der Waals surface area contributed by atoms with Crippen LogP contribution < -0.4 is 14.8 Å². The van der Waals surface area contributed by atoms with Crippen molar-refractivity contribution in [3.05, 3.63) is 23.3 Å². The zero-order valence-corrected chi connectivity index (χ0v) is 19.8. The molecule has 10 nitrogen and oxygen atoms in total. The number of hydrogen-bond acceptors (Lipinski definition) is 7. The van der Waals surface area contributed by atoms with Gasteiger partial charge in [-0.3, -0.25) is 19.3 Å². The molecule has 1 N–H and O–H groups in total. The molecule has 1 saturated carbocycles. The number of nitrogens with zero attached hydrogens (tertiary/aromatic N) is 2. The number of urea groups is 1. The summed E-state index contributed by atoms with van der Waals surface area (Å²) < 4.78 is 15.8. The second-order valence-electron chi connectivity index (χ2n) is 9.14. The van der Waals surface area contributed by atoms with E-state index in [-0.39, 0.29) is 17.7 Å². The minimum Gasteiger partial charge on any atom is -0.493 e. The molecule has 1 aliphatic carbocycles. The molecule has 34 heavy (non-hydrogen) atoms. The predicted molar refractivity (Wildman–Crippen MR) is 120 cm³/mol. The maximum atomic E-state index is 13.0. The van der Waals surface area contributed by atoms with Crippen LogP contribution in [0.2, 0.25) is 0 Å². The van der Waals surface area contributed by atoms with Crippen LogP contribution in [-0.4, -0.2) is 73.1 Å². The molecule has 0 radical (unpaired) electrons. The standard InChI is InChI=1S/C24H31N3O7/c1-15-6-4-5-8-24(15)22(30)27(23(31)25-24)13-21(29)34-14-20(28)26-9-7-16-10-18(32-2)19(33-3)11-17(16)12-26/h10-11,15H,4-9,12-14H2,1-3H3,(H,25,31)/t15-,24+/m1/s1. The molecular weight excluding hydrogens is 442 g/mol. The highest BCUT2D eigenvalue weighted by atomic mass is 16.5. The van der Waals surface area contributed by atoms with Crippen molar-refractivity contribution in [2.45, 2.75) is 51.1 Å². The van der Waals surface area contributed by atoms with Crippen LogP contribution in [0.1, 0.15) is 43.7 Å². The second kappa shape index (κ2) is 9.52. The van der Waals surface area contributed by atoms with Crippen LogP contribution in [-0.2, 0) is 32.1 Å². The number of amides is 4. The lowest BCUT2D eigenvalue weighted by Gasteiger charge is -2.36. The summed E-state index contributed by atoms with van der Waals surface area (Å²) in [6, 6.07) is 3.17. The number of esters is 1. The van der Waals surface area contributed by atoms with Crippen molar-refractivity contribution in [3.8, 4) is 11.5 Å². The van der Waals surface area contributed by atoms with Gasteiger partial charge in [-0.25, -0.2) is 4.79 Å². The van der Waals surface area contributed by atoms with Crippen LogP contribution in [0.4, 0.5) is 4.79 Å². The topological polar surface area (TPSA) is 114 Å². The number of rotatable bonds is 6. The minimum atomic E-state index is -0.934. The maximum absolute atomic E-state index is 13.0. The first-order chi connectivity index (χ1) is 16.3. The Labute approximate surface area is 198 Å². The molecule has 10 heteroatoms. The van der Waals surface area contributed by atoms with Crippen LogP contribution >= 0.6 is 0 Å². The molecule has 0 aromatic heterocycles. The number of benzene rings is 1. The van der Waals surface area contributed by atoms with Gasteiger partial charge in [0.25, 0.3) is 11.8 Å². The van der Waals surface area contributed by atoms with E-state index in [1.165, 1.54) is 0 Å². The Morgan fingerprint density at radius 1 is 1.12 bits per heavy atom. The van der Waals surface area contributed by atoms with E-state index in [4.69, 9.17) is 14.2 Å². The lowest BCUT2D eigenvalue weighted by Crippen LogP contribution is -2.54. The average molecular weight is 474 g/mol. The lowest BCUT2D eigenvalue weighted by atomic mass is 9.73. The molecule has 1 aromatic carbocycles. The van der Waals surface area contributed by atoms with Crippen molar-refractivity contribution in [1.82, 2.24) is 15.1 Å². The molecule has 2 aliphatic heterocycles. The number of ether oxygens (including phenoxy) is 3. The number of imide groups is 1. The van der Waals surface area contributed by atoms with Gasteiger partial charge in [-0.1, -0.05) is 19.8 Å². The van der Waals surface area contributed by atoms with Gasteiger partial charge >= 0.3 is 12.0 Å². The summed E-state index contributed by atoms with van der Waals surface area (Å²) in [4.78, 5) is 53.0. The first-order valence-corrected chi connectivity index (χ1v) is 11.6. The van der Waals surface area contributed by atoms with Gasteiger partial charge < -0.3 is 24.4 Å². The Bertz CT molecular complexity index is 1010. The van der Waals surface area contributed by atoms with E-state index in [0.29, 0.717) is 37.4 Å². The van der Waals surface area contributed by atoms with Gasteiger partial charge in [-0.05, 0) is 48.4 Å². The Morgan fingerprint density at radius 2 is 1.82 bits per heavy atom. The Kier molecular flexibility index (Phi) is 6.67. The van der Waals surface area contributed by atoms with Gasteiger partial charge in [0.2, 0.25) is 0 Å². The quantitative estimate of drug-likeness (QED) is 0.493. The van der Waals surface area contributed by atoms with E-state index < -0.39 is 30.7 Å². The maximum Gasteiger partial charge on any atom is 0.326 e. The van der Waals surface area contributed by atoms with E-state index in [0.717, 1.165) is 35.3 Å². The molecule has 4 rings (SSSR count). The average Bonchev–Trinajstić information content (AvgIpc) is 3.07. The van der Waals surface area contributed by atoms with Crippen molar-refractivity contribution < 1.29 is 33.4 Å². The second-order valence-corrected chi connectivity index (χ2v) is 9.14. The summed E-state index contributed by atoms with van der Waals surface area (Å²) in [5.41, 5.74) is 1.08. The third-order valence-electron chi connectivity index (χ3n) is 7.22. The summed E-state index contributed by atoms with van der Waals surface area (Å²) in [5.74, 6) is -0.296.